The molecule has 0 aromatic carbocycles. The number of aryl methyl sites for hydroxylation is 1. The predicted octanol–water partition coefficient (Wildman–Crippen LogP) is 2.31. The summed E-state index contributed by atoms with van der Waals surface area (Å²) in [5, 5.41) is 7.62. The molecule has 15 heavy (non-hydrogen) atoms. The van der Waals surface area contributed by atoms with Crippen molar-refractivity contribution < 1.29 is 0 Å². The van der Waals surface area contributed by atoms with Gasteiger partial charge in [-0.15, -0.1) is 0 Å². The van der Waals surface area contributed by atoms with Crippen LogP contribution < -0.4 is 5.32 Å². The molecule has 0 saturated heterocycles. The zero-order valence-corrected chi connectivity index (χ0v) is 9.95. The highest BCUT2D eigenvalue weighted by Crippen LogP contribution is 2.05. The number of rotatable bonds is 6. The second-order valence-electron chi connectivity index (χ2n) is 3.74. The quantitative estimate of drug-likeness (QED) is 0.725. The molecule has 1 heterocycles. The van der Waals surface area contributed by atoms with Gasteiger partial charge in [-0.25, -0.2) is 0 Å². The van der Waals surface area contributed by atoms with E-state index in [1.165, 1.54) is 17.7 Å². The fourth-order valence-electron chi connectivity index (χ4n) is 1.50. The summed E-state index contributed by atoms with van der Waals surface area (Å²) < 4.78 is 2.00. The summed E-state index contributed by atoms with van der Waals surface area (Å²) >= 11 is 0. The molecule has 3 heteroatoms. The maximum absolute atomic E-state index is 4.24. The van der Waals surface area contributed by atoms with E-state index >= 15 is 0 Å². The fourth-order valence-corrected chi connectivity index (χ4v) is 1.50. The first-order valence-corrected chi connectivity index (χ1v) is 5.67. The topological polar surface area (TPSA) is 29.9 Å². The van der Waals surface area contributed by atoms with Crippen LogP contribution >= 0.6 is 0 Å². The average Bonchev–Trinajstić information content (AvgIpc) is 2.65. The van der Waals surface area contributed by atoms with E-state index in [1.54, 1.807) is 0 Å². The molecule has 0 fully saturated rings. The Kier molecular flexibility index (Phi) is 5.12. The van der Waals surface area contributed by atoms with Crippen LogP contribution in [-0.4, -0.2) is 22.9 Å². The molecule has 1 aromatic heterocycles. The molecule has 0 bridgehead atoms. The summed E-state index contributed by atoms with van der Waals surface area (Å²) in [5.41, 5.74) is 2.53. The molecule has 0 amide bonds. The van der Waals surface area contributed by atoms with E-state index in [0.717, 1.165) is 19.6 Å². The minimum Gasteiger partial charge on any atom is -0.313 e. The van der Waals surface area contributed by atoms with Crippen LogP contribution in [0.25, 0.3) is 6.08 Å². The number of nitrogens with zero attached hydrogens (tertiary/aromatic N) is 2. The normalized spacial score (nSPS) is 12.1. The smallest absolute Gasteiger partial charge is 0.0609 e. The van der Waals surface area contributed by atoms with Crippen LogP contribution in [0.3, 0.4) is 0 Å². The molecule has 0 aliphatic heterocycles. The van der Waals surface area contributed by atoms with Crippen LogP contribution in [-0.2, 0) is 6.54 Å². The summed E-state index contributed by atoms with van der Waals surface area (Å²) in [6.07, 6.45) is 5.22. The fraction of sp³-hybridized carbons (Fsp3) is 0.583. The molecule has 1 N–H and O–H groups in total. The molecule has 0 radical (unpaired) electrons. The average molecular weight is 207 g/mol. The van der Waals surface area contributed by atoms with Crippen molar-refractivity contribution in [3.8, 4) is 0 Å². The molecule has 0 aliphatic carbocycles. The lowest BCUT2D eigenvalue weighted by molar-refractivity contribution is 0.653. The number of hydrogen-bond acceptors (Lipinski definition) is 2. The molecule has 0 aliphatic rings. The van der Waals surface area contributed by atoms with Crippen LogP contribution in [0.1, 0.15) is 32.9 Å². The Morgan fingerprint density at radius 1 is 1.53 bits per heavy atom. The molecule has 1 aromatic rings. The Morgan fingerprint density at radius 3 is 3.00 bits per heavy atom. The van der Waals surface area contributed by atoms with E-state index in [9.17, 15) is 0 Å². The first-order valence-electron chi connectivity index (χ1n) is 5.67. The summed E-state index contributed by atoms with van der Waals surface area (Å²) in [6.45, 7) is 9.40. The van der Waals surface area contributed by atoms with E-state index < -0.39 is 0 Å². The molecule has 0 saturated carbocycles. The molecule has 84 valence electrons. The zero-order valence-electron chi connectivity index (χ0n) is 9.95. The van der Waals surface area contributed by atoms with E-state index in [-0.39, 0.29) is 0 Å². The van der Waals surface area contributed by atoms with Gasteiger partial charge in [0.25, 0.3) is 0 Å². The van der Waals surface area contributed by atoms with Crippen LogP contribution in [0.5, 0.6) is 0 Å². The number of hydrogen-bond donors (Lipinski definition) is 1. The third kappa shape index (κ3) is 3.88. The molecule has 0 unspecified atom stereocenters. The van der Waals surface area contributed by atoms with Gasteiger partial charge >= 0.3 is 0 Å². The van der Waals surface area contributed by atoms with Crippen LogP contribution in [0.4, 0.5) is 0 Å². The van der Waals surface area contributed by atoms with Gasteiger partial charge in [0.1, 0.15) is 0 Å². The lowest BCUT2D eigenvalue weighted by Crippen LogP contribution is -2.16. The summed E-state index contributed by atoms with van der Waals surface area (Å²) in [7, 11) is 0. The van der Waals surface area contributed by atoms with E-state index in [0.29, 0.717) is 0 Å². The van der Waals surface area contributed by atoms with Crippen molar-refractivity contribution in [3.05, 3.63) is 23.5 Å². The minimum atomic E-state index is 0.925. The zero-order chi connectivity index (χ0) is 11.1. The highest BCUT2D eigenvalue weighted by atomic mass is 15.3. The first kappa shape index (κ1) is 12.0. The van der Waals surface area contributed by atoms with Gasteiger partial charge in [-0.1, -0.05) is 12.5 Å². The standard InChI is InChI=1S/C12H21N3/c1-4-7-13-10-11(3)9-12-6-8-14-15(12)5-2/h6,8-9,13H,4-5,7,10H2,1-3H3. The molecule has 0 spiro atoms. The van der Waals surface area contributed by atoms with Crippen molar-refractivity contribution in [2.75, 3.05) is 13.1 Å². The van der Waals surface area contributed by atoms with Crippen molar-refractivity contribution in [1.82, 2.24) is 15.1 Å². The van der Waals surface area contributed by atoms with Gasteiger partial charge in [0.15, 0.2) is 0 Å². The second-order valence-corrected chi connectivity index (χ2v) is 3.74. The Morgan fingerprint density at radius 2 is 2.33 bits per heavy atom. The lowest BCUT2D eigenvalue weighted by Gasteiger charge is -2.04. The maximum Gasteiger partial charge on any atom is 0.0609 e. The maximum atomic E-state index is 4.24. The van der Waals surface area contributed by atoms with Gasteiger partial charge in [0.05, 0.1) is 5.69 Å². The Balaban J connectivity index is 2.54. The van der Waals surface area contributed by atoms with Crippen LogP contribution in [0, 0.1) is 0 Å². The van der Waals surface area contributed by atoms with E-state index in [2.05, 4.69) is 37.3 Å². The molecular formula is C12H21N3. The van der Waals surface area contributed by atoms with E-state index in [4.69, 9.17) is 0 Å². The Labute approximate surface area is 92.2 Å². The molecule has 3 nitrogen and oxygen atoms in total. The molecular weight excluding hydrogens is 186 g/mol. The largest absolute Gasteiger partial charge is 0.313 e. The summed E-state index contributed by atoms with van der Waals surface area (Å²) in [6, 6.07) is 2.05. The van der Waals surface area contributed by atoms with Crippen LogP contribution in [0.15, 0.2) is 17.8 Å². The van der Waals surface area contributed by atoms with Crippen LogP contribution in [0.2, 0.25) is 0 Å². The summed E-state index contributed by atoms with van der Waals surface area (Å²) in [4.78, 5) is 0. The van der Waals surface area contributed by atoms with Crippen molar-refractivity contribution in [2.24, 2.45) is 0 Å². The van der Waals surface area contributed by atoms with Crippen molar-refractivity contribution in [1.29, 1.82) is 0 Å². The highest BCUT2D eigenvalue weighted by molar-refractivity contribution is 5.48. The van der Waals surface area contributed by atoms with Crippen molar-refractivity contribution in [3.63, 3.8) is 0 Å². The first-order chi connectivity index (χ1) is 7.27. The monoisotopic (exact) mass is 207 g/mol. The van der Waals surface area contributed by atoms with E-state index in [1.807, 2.05) is 16.9 Å². The Bertz CT molecular complexity index is 312. The summed E-state index contributed by atoms with van der Waals surface area (Å²) in [5.74, 6) is 0. The second kappa shape index (κ2) is 6.40. The number of nitrogens with one attached hydrogen (secondary N) is 1. The van der Waals surface area contributed by atoms with Crippen molar-refractivity contribution >= 4 is 6.08 Å². The van der Waals surface area contributed by atoms with Gasteiger partial charge in [-0.05, 0) is 39.0 Å². The number of aromatic nitrogens is 2. The predicted molar refractivity (Wildman–Crippen MR) is 64.7 cm³/mol. The Hall–Kier alpha value is -1.09. The van der Waals surface area contributed by atoms with Gasteiger partial charge in [0, 0.05) is 19.3 Å². The SMILES string of the molecule is CCCNCC(C)=Cc1ccnn1CC. The highest BCUT2D eigenvalue weighted by Gasteiger charge is 1.97. The third-order valence-electron chi connectivity index (χ3n) is 2.27. The van der Waals surface area contributed by atoms with Gasteiger partial charge in [0.2, 0.25) is 0 Å². The van der Waals surface area contributed by atoms with Gasteiger partial charge < -0.3 is 5.32 Å². The molecule has 0 atom stereocenters. The molecule has 1 rings (SSSR count). The van der Waals surface area contributed by atoms with Gasteiger partial charge in [-0.2, -0.15) is 5.10 Å². The van der Waals surface area contributed by atoms with Crippen molar-refractivity contribution in [2.45, 2.75) is 33.7 Å². The van der Waals surface area contributed by atoms with Gasteiger partial charge in [-0.3, -0.25) is 4.68 Å². The third-order valence-corrected chi connectivity index (χ3v) is 2.27. The lowest BCUT2D eigenvalue weighted by atomic mass is 10.2. The minimum absolute atomic E-state index is 0.925.